The molecule has 3 aromatic rings. The Morgan fingerprint density at radius 2 is 1.77 bits per heavy atom. The molecule has 0 aliphatic rings. The molecule has 1 aromatic heterocycles. The van der Waals surface area contributed by atoms with Crippen LogP contribution in [0.4, 0.5) is 5.69 Å². The molecule has 0 spiro atoms. The standard InChI is InChI=1S/C18H17N3O5/c22-17(23)9-4-10-19-15-7-1-2-8-16(15)20(18(19)24)12-13-5-3-6-14(11-13)21(25)26/h1-3,5-8,11H,4,9-10,12H2,(H,22,23). The number of fused-ring (bicyclic) bond motifs is 1. The van der Waals surface area contributed by atoms with Crippen LogP contribution < -0.4 is 5.69 Å². The number of para-hydroxylation sites is 2. The number of nitro groups is 1. The summed E-state index contributed by atoms with van der Waals surface area (Å²) < 4.78 is 3.10. The zero-order chi connectivity index (χ0) is 18.7. The largest absolute Gasteiger partial charge is 0.481 e. The molecule has 0 unspecified atom stereocenters. The average Bonchev–Trinajstić information content (AvgIpc) is 2.87. The number of imidazole rings is 1. The van der Waals surface area contributed by atoms with Crippen LogP contribution in [0.3, 0.4) is 0 Å². The van der Waals surface area contributed by atoms with Gasteiger partial charge in [-0.25, -0.2) is 4.79 Å². The Morgan fingerprint density at radius 3 is 2.42 bits per heavy atom. The van der Waals surface area contributed by atoms with Gasteiger partial charge in [0.25, 0.3) is 5.69 Å². The van der Waals surface area contributed by atoms with Crippen molar-refractivity contribution in [2.75, 3.05) is 0 Å². The SMILES string of the molecule is O=C(O)CCCn1c(=O)n(Cc2cccc([N+](=O)[O-])c2)c2ccccc21. The molecule has 0 aliphatic heterocycles. The van der Waals surface area contributed by atoms with Gasteiger partial charge in [0.05, 0.1) is 22.5 Å². The number of non-ortho nitro benzene ring substituents is 1. The lowest BCUT2D eigenvalue weighted by atomic mass is 10.2. The van der Waals surface area contributed by atoms with Gasteiger partial charge in [-0.3, -0.25) is 24.0 Å². The van der Waals surface area contributed by atoms with Gasteiger partial charge in [-0.2, -0.15) is 0 Å². The summed E-state index contributed by atoms with van der Waals surface area (Å²) in [5.74, 6) is -0.904. The van der Waals surface area contributed by atoms with E-state index in [0.29, 0.717) is 29.6 Å². The minimum absolute atomic E-state index is 0.0170. The van der Waals surface area contributed by atoms with Crippen LogP contribution in [0.5, 0.6) is 0 Å². The maximum absolute atomic E-state index is 12.8. The smallest absolute Gasteiger partial charge is 0.329 e. The van der Waals surface area contributed by atoms with Crippen LogP contribution in [0.15, 0.2) is 53.3 Å². The number of carboxylic acid groups (broad SMARTS) is 1. The summed E-state index contributed by atoms with van der Waals surface area (Å²) in [6.07, 6.45) is 0.330. The van der Waals surface area contributed by atoms with Gasteiger partial charge in [-0.15, -0.1) is 0 Å². The van der Waals surface area contributed by atoms with Gasteiger partial charge in [-0.05, 0) is 24.1 Å². The minimum atomic E-state index is -0.904. The third-order valence-electron chi connectivity index (χ3n) is 4.16. The molecule has 1 heterocycles. The van der Waals surface area contributed by atoms with Gasteiger partial charge >= 0.3 is 11.7 Å². The molecule has 2 aromatic carbocycles. The molecule has 8 nitrogen and oxygen atoms in total. The quantitative estimate of drug-likeness (QED) is 0.518. The predicted molar refractivity (Wildman–Crippen MR) is 95.3 cm³/mol. The number of aliphatic carboxylic acids is 1. The lowest BCUT2D eigenvalue weighted by Crippen LogP contribution is -2.25. The summed E-state index contributed by atoms with van der Waals surface area (Å²) in [6, 6.07) is 13.4. The first-order chi connectivity index (χ1) is 12.5. The number of aromatic nitrogens is 2. The average molecular weight is 355 g/mol. The number of nitrogens with zero attached hydrogens (tertiary/aromatic N) is 3. The van der Waals surface area contributed by atoms with Crippen molar-refractivity contribution in [2.24, 2.45) is 0 Å². The van der Waals surface area contributed by atoms with E-state index in [2.05, 4.69) is 0 Å². The van der Waals surface area contributed by atoms with E-state index in [4.69, 9.17) is 5.11 Å². The highest BCUT2D eigenvalue weighted by Crippen LogP contribution is 2.18. The van der Waals surface area contributed by atoms with Crippen LogP contribution in [0, 0.1) is 10.1 Å². The molecular weight excluding hydrogens is 338 g/mol. The first-order valence-corrected chi connectivity index (χ1v) is 8.10. The number of rotatable bonds is 7. The second-order valence-corrected chi connectivity index (χ2v) is 5.93. The van der Waals surface area contributed by atoms with E-state index in [9.17, 15) is 19.7 Å². The molecule has 1 N–H and O–H groups in total. The summed E-state index contributed by atoms with van der Waals surface area (Å²) >= 11 is 0. The molecule has 0 bridgehead atoms. The van der Waals surface area contributed by atoms with Crippen molar-refractivity contribution in [1.29, 1.82) is 0 Å². The summed E-state index contributed by atoms with van der Waals surface area (Å²) in [7, 11) is 0. The third-order valence-corrected chi connectivity index (χ3v) is 4.16. The minimum Gasteiger partial charge on any atom is -0.481 e. The van der Waals surface area contributed by atoms with E-state index >= 15 is 0 Å². The maximum Gasteiger partial charge on any atom is 0.329 e. The monoisotopic (exact) mass is 355 g/mol. The highest BCUT2D eigenvalue weighted by Gasteiger charge is 2.14. The Hall–Kier alpha value is -3.42. The van der Waals surface area contributed by atoms with Gasteiger partial charge in [0.15, 0.2) is 0 Å². The van der Waals surface area contributed by atoms with Crippen LogP contribution in [0.2, 0.25) is 0 Å². The molecule has 0 amide bonds. The van der Waals surface area contributed by atoms with Crippen molar-refractivity contribution in [2.45, 2.75) is 25.9 Å². The fourth-order valence-corrected chi connectivity index (χ4v) is 2.98. The molecule has 3 rings (SSSR count). The van der Waals surface area contributed by atoms with E-state index in [1.165, 1.54) is 12.1 Å². The highest BCUT2D eigenvalue weighted by molar-refractivity contribution is 5.76. The van der Waals surface area contributed by atoms with Gasteiger partial charge in [0, 0.05) is 25.1 Å². The lowest BCUT2D eigenvalue weighted by molar-refractivity contribution is -0.384. The van der Waals surface area contributed by atoms with Crippen LogP contribution in [0.25, 0.3) is 11.0 Å². The maximum atomic E-state index is 12.8. The number of benzene rings is 2. The number of carboxylic acids is 1. The Morgan fingerprint density at radius 1 is 1.08 bits per heavy atom. The molecule has 0 atom stereocenters. The Bertz CT molecular complexity index is 1030. The lowest BCUT2D eigenvalue weighted by Gasteiger charge is -2.04. The van der Waals surface area contributed by atoms with Crippen molar-refractivity contribution in [3.8, 4) is 0 Å². The molecule has 0 fully saturated rings. The molecule has 26 heavy (non-hydrogen) atoms. The Kier molecular flexibility index (Phi) is 4.83. The van der Waals surface area contributed by atoms with Crippen LogP contribution >= 0.6 is 0 Å². The van der Waals surface area contributed by atoms with Gasteiger partial charge < -0.3 is 5.11 Å². The van der Waals surface area contributed by atoms with Gasteiger partial charge in [0.2, 0.25) is 0 Å². The summed E-state index contributed by atoms with van der Waals surface area (Å²) in [5, 5.41) is 19.7. The Balaban J connectivity index is 1.99. The summed E-state index contributed by atoms with van der Waals surface area (Å²) in [4.78, 5) is 34.0. The van der Waals surface area contributed by atoms with Gasteiger partial charge in [0.1, 0.15) is 0 Å². The molecule has 0 aliphatic carbocycles. The fraction of sp³-hybridized carbons (Fsp3) is 0.222. The summed E-state index contributed by atoms with van der Waals surface area (Å²) in [6.45, 7) is 0.501. The zero-order valence-corrected chi connectivity index (χ0v) is 13.9. The van der Waals surface area contributed by atoms with Crippen LogP contribution in [-0.4, -0.2) is 25.1 Å². The first-order valence-electron chi connectivity index (χ1n) is 8.10. The first kappa shape index (κ1) is 17.4. The topological polar surface area (TPSA) is 107 Å². The highest BCUT2D eigenvalue weighted by atomic mass is 16.6. The van der Waals surface area contributed by atoms with E-state index in [1.807, 2.05) is 18.2 Å². The zero-order valence-electron chi connectivity index (χ0n) is 13.9. The van der Waals surface area contributed by atoms with E-state index in [-0.39, 0.29) is 24.3 Å². The van der Waals surface area contributed by atoms with Crippen molar-refractivity contribution in [3.05, 3.63) is 74.7 Å². The molecule has 8 heteroatoms. The Labute approximate surface area is 148 Å². The van der Waals surface area contributed by atoms with Gasteiger partial charge in [-0.1, -0.05) is 24.3 Å². The normalized spacial score (nSPS) is 10.9. The summed E-state index contributed by atoms with van der Waals surface area (Å²) in [5.41, 5.74) is 1.78. The molecular formula is C18H17N3O5. The molecule has 134 valence electrons. The van der Waals surface area contributed by atoms with E-state index < -0.39 is 10.9 Å². The third kappa shape index (κ3) is 3.49. The van der Waals surface area contributed by atoms with Crippen molar-refractivity contribution >= 4 is 22.7 Å². The molecule has 0 radical (unpaired) electrons. The van der Waals surface area contributed by atoms with Crippen molar-refractivity contribution in [3.63, 3.8) is 0 Å². The van der Waals surface area contributed by atoms with E-state index in [0.717, 1.165) is 0 Å². The predicted octanol–water partition coefficient (Wildman–Crippen LogP) is 2.62. The van der Waals surface area contributed by atoms with E-state index in [1.54, 1.807) is 27.3 Å². The number of hydrogen-bond donors (Lipinski definition) is 1. The van der Waals surface area contributed by atoms with Crippen molar-refractivity contribution in [1.82, 2.24) is 9.13 Å². The fourth-order valence-electron chi connectivity index (χ4n) is 2.98. The molecule has 0 saturated heterocycles. The second-order valence-electron chi connectivity index (χ2n) is 5.93. The number of hydrogen-bond acceptors (Lipinski definition) is 4. The van der Waals surface area contributed by atoms with Crippen LogP contribution in [0.1, 0.15) is 18.4 Å². The van der Waals surface area contributed by atoms with Crippen molar-refractivity contribution < 1.29 is 14.8 Å². The number of aryl methyl sites for hydroxylation is 1. The van der Waals surface area contributed by atoms with Crippen LogP contribution in [-0.2, 0) is 17.9 Å². The number of carbonyl (C=O) groups is 1. The molecule has 0 saturated carbocycles. The second kappa shape index (κ2) is 7.22. The number of nitro benzene ring substituents is 1.